The lowest BCUT2D eigenvalue weighted by atomic mass is 10.2. The standard InChI is InChI=1S/C16H13BrN4O5S/c1-9-13(8-18-14-3-4-19-21(9)14)15(22)20-27(24,25)12-6-10(16(23)26-2)5-11(17)7-12/h3-8H,1-2H3,(H,20,22). The van der Waals surface area contributed by atoms with Gasteiger partial charge in [-0.05, 0) is 25.1 Å². The van der Waals surface area contributed by atoms with Gasteiger partial charge in [-0.3, -0.25) is 4.79 Å². The van der Waals surface area contributed by atoms with Crippen molar-refractivity contribution in [3.05, 3.63) is 58.0 Å². The van der Waals surface area contributed by atoms with Crippen molar-refractivity contribution in [1.29, 1.82) is 0 Å². The van der Waals surface area contributed by atoms with Gasteiger partial charge in [0.15, 0.2) is 5.65 Å². The molecule has 27 heavy (non-hydrogen) atoms. The maximum absolute atomic E-state index is 12.6. The van der Waals surface area contributed by atoms with E-state index in [0.29, 0.717) is 15.8 Å². The Hall–Kier alpha value is -2.79. The molecule has 0 aliphatic heterocycles. The van der Waals surface area contributed by atoms with E-state index in [1.165, 1.54) is 36.2 Å². The zero-order chi connectivity index (χ0) is 19.8. The van der Waals surface area contributed by atoms with E-state index in [2.05, 4.69) is 30.7 Å². The maximum atomic E-state index is 12.6. The fraction of sp³-hybridized carbons (Fsp3) is 0.125. The highest BCUT2D eigenvalue weighted by molar-refractivity contribution is 9.10. The number of hydrogen-bond acceptors (Lipinski definition) is 7. The third kappa shape index (κ3) is 3.69. The van der Waals surface area contributed by atoms with Gasteiger partial charge in [0.1, 0.15) is 0 Å². The quantitative estimate of drug-likeness (QED) is 0.598. The van der Waals surface area contributed by atoms with Gasteiger partial charge in [-0.25, -0.2) is 27.4 Å². The summed E-state index contributed by atoms with van der Waals surface area (Å²) in [6.45, 7) is 1.62. The van der Waals surface area contributed by atoms with Crippen LogP contribution in [0.3, 0.4) is 0 Å². The summed E-state index contributed by atoms with van der Waals surface area (Å²) in [6.07, 6.45) is 2.79. The highest BCUT2D eigenvalue weighted by Crippen LogP contribution is 2.21. The minimum atomic E-state index is -4.25. The summed E-state index contributed by atoms with van der Waals surface area (Å²) in [4.78, 5) is 28.0. The normalized spacial score (nSPS) is 11.4. The Kier molecular flexibility index (Phi) is 4.98. The van der Waals surface area contributed by atoms with Crippen molar-refractivity contribution in [1.82, 2.24) is 19.3 Å². The average Bonchev–Trinajstić information content (AvgIpc) is 3.10. The molecule has 140 valence electrons. The van der Waals surface area contributed by atoms with E-state index in [1.54, 1.807) is 13.0 Å². The Balaban J connectivity index is 1.96. The highest BCUT2D eigenvalue weighted by Gasteiger charge is 2.23. The summed E-state index contributed by atoms with van der Waals surface area (Å²) < 4.78 is 33.6. The number of ether oxygens (including phenoxy) is 1. The number of aromatic nitrogens is 3. The summed E-state index contributed by atoms with van der Waals surface area (Å²) >= 11 is 3.14. The predicted octanol–water partition coefficient (Wildman–Crippen LogP) is 1.71. The molecule has 0 atom stereocenters. The number of rotatable bonds is 4. The largest absolute Gasteiger partial charge is 0.465 e. The Bertz CT molecular complexity index is 1170. The average molecular weight is 453 g/mol. The van der Waals surface area contributed by atoms with Crippen molar-refractivity contribution in [2.45, 2.75) is 11.8 Å². The van der Waals surface area contributed by atoms with Gasteiger partial charge >= 0.3 is 5.97 Å². The van der Waals surface area contributed by atoms with Crippen LogP contribution in [0.2, 0.25) is 0 Å². The van der Waals surface area contributed by atoms with Gasteiger partial charge in [-0.2, -0.15) is 5.10 Å². The Labute approximate surface area is 162 Å². The van der Waals surface area contributed by atoms with E-state index in [1.807, 2.05) is 4.72 Å². The first kappa shape index (κ1) is 19.0. The Morgan fingerprint density at radius 3 is 2.70 bits per heavy atom. The molecule has 0 radical (unpaired) electrons. The second-order valence-corrected chi connectivity index (χ2v) is 8.06. The molecule has 9 nitrogen and oxygen atoms in total. The zero-order valence-electron chi connectivity index (χ0n) is 14.1. The van der Waals surface area contributed by atoms with E-state index >= 15 is 0 Å². The number of halogens is 1. The number of hydrogen-bond donors (Lipinski definition) is 1. The van der Waals surface area contributed by atoms with E-state index in [-0.39, 0.29) is 16.0 Å². The summed E-state index contributed by atoms with van der Waals surface area (Å²) in [5, 5.41) is 4.04. The SMILES string of the molecule is COC(=O)c1cc(Br)cc(S(=O)(=O)NC(=O)c2cnc3ccnn3c2C)c1. The van der Waals surface area contributed by atoms with Crippen LogP contribution in [0.25, 0.3) is 5.65 Å². The first-order valence-electron chi connectivity index (χ1n) is 7.48. The summed E-state index contributed by atoms with van der Waals surface area (Å²) in [5.41, 5.74) is 1.04. The fourth-order valence-electron chi connectivity index (χ4n) is 2.40. The van der Waals surface area contributed by atoms with Crippen LogP contribution < -0.4 is 4.72 Å². The molecule has 1 aromatic carbocycles. The van der Waals surface area contributed by atoms with Gasteiger partial charge < -0.3 is 4.74 Å². The molecular formula is C16H13BrN4O5S. The number of nitrogens with zero attached hydrogens (tertiary/aromatic N) is 3. The van der Waals surface area contributed by atoms with Gasteiger partial charge in [-0.1, -0.05) is 15.9 Å². The van der Waals surface area contributed by atoms with Crippen molar-refractivity contribution in [3.63, 3.8) is 0 Å². The van der Waals surface area contributed by atoms with Crippen LogP contribution in [0.15, 0.2) is 46.0 Å². The molecule has 0 spiro atoms. The smallest absolute Gasteiger partial charge is 0.337 e. The third-order valence-electron chi connectivity index (χ3n) is 3.73. The molecular weight excluding hydrogens is 440 g/mol. The van der Waals surface area contributed by atoms with Gasteiger partial charge in [0.25, 0.3) is 15.9 Å². The second-order valence-electron chi connectivity index (χ2n) is 5.46. The number of carbonyl (C=O) groups is 2. The molecule has 11 heteroatoms. The van der Waals surface area contributed by atoms with E-state index in [0.717, 1.165) is 6.07 Å². The molecule has 0 unspecified atom stereocenters. The number of aryl methyl sites for hydroxylation is 1. The minimum Gasteiger partial charge on any atom is -0.465 e. The number of amides is 1. The molecule has 0 aliphatic carbocycles. The number of nitrogens with one attached hydrogen (secondary N) is 1. The van der Waals surface area contributed by atoms with Crippen LogP contribution in [0, 0.1) is 6.92 Å². The monoisotopic (exact) mass is 452 g/mol. The van der Waals surface area contributed by atoms with Crippen LogP contribution in [-0.2, 0) is 14.8 Å². The number of methoxy groups -OCH3 is 1. The lowest BCUT2D eigenvalue weighted by Gasteiger charge is -2.10. The minimum absolute atomic E-state index is 0.0236. The number of benzene rings is 1. The maximum Gasteiger partial charge on any atom is 0.337 e. The molecule has 1 N–H and O–H groups in total. The topological polar surface area (TPSA) is 120 Å². The number of carbonyl (C=O) groups excluding carboxylic acids is 2. The van der Waals surface area contributed by atoms with E-state index < -0.39 is 21.9 Å². The Morgan fingerprint density at radius 2 is 2.00 bits per heavy atom. The summed E-state index contributed by atoms with van der Waals surface area (Å²) in [7, 11) is -3.06. The van der Waals surface area contributed by atoms with Gasteiger partial charge in [0.2, 0.25) is 0 Å². The molecule has 3 aromatic rings. The van der Waals surface area contributed by atoms with Crippen LogP contribution in [0.1, 0.15) is 26.4 Å². The lowest BCUT2D eigenvalue weighted by Crippen LogP contribution is -2.31. The molecule has 0 saturated carbocycles. The molecule has 0 fully saturated rings. The predicted molar refractivity (Wildman–Crippen MR) is 97.9 cm³/mol. The molecule has 0 bridgehead atoms. The third-order valence-corrected chi connectivity index (χ3v) is 5.50. The molecule has 1 amide bonds. The van der Waals surface area contributed by atoms with Crippen molar-refractivity contribution < 1.29 is 22.7 Å². The highest BCUT2D eigenvalue weighted by atomic mass is 79.9. The molecule has 2 aromatic heterocycles. The van der Waals surface area contributed by atoms with Crippen LogP contribution >= 0.6 is 15.9 Å². The molecule has 0 aliphatic rings. The molecule has 2 heterocycles. The van der Waals surface area contributed by atoms with Gasteiger partial charge in [0, 0.05) is 16.7 Å². The molecule has 0 saturated heterocycles. The van der Waals surface area contributed by atoms with Crippen LogP contribution in [-0.4, -0.2) is 42.0 Å². The van der Waals surface area contributed by atoms with Crippen molar-refractivity contribution in [2.75, 3.05) is 7.11 Å². The molecule has 3 rings (SSSR count). The summed E-state index contributed by atoms with van der Waals surface area (Å²) in [5.74, 6) is -1.57. The van der Waals surface area contributed by atoms with Crippen molar-refractivity contribution >= 4 is 43.5 Å². The van der Waals surface area contributed by atoms with Gasteiger partial charge in [-0.15, -0.1) is 0 Å². The number of fused-ring (bicyclic) bond motifs is 1. The zero-order valence-corrected chi connectivity index (χ0v) is 16.5. The summed E-state index contributed by atoms with van der Waals surface area (Å²) in [6, 6.07) is 5.45. The van der Waals surface area contributed by atoms with Crippen molar-refractivity contribution in [3.8, 4) is 0 Å². The van der Waals surface area contributed by atoms with Crippen LogP contribution in [0.4, 0.5) is 0 Å². The fourth-order valence-corrected chi connectivity index (χ4v) is 4.08. The second kappa shape index (κ2) is 7.08. The Morgan fingerprint density at radius 1 is 1.26 bits per heavy atom. The van der Waals surface area contributed by atoms with Gasteiger partial charge in [0.05, 0.1) is 35.0 Å². The van der Waals surface area contributed by atoms with E-state index in [4.69, 9.17) is 0 Å². The number of sulfonamides is 1. The first-order valence-corrected chi connectivity index (χ1v) is 9.76. The van der Waals surface area contributed by atoms with E-state index in [9.17, 15) is 18.0 Å². The number of esters is 1. The van der Waals surface area contributed by atoms with Crippen molar-refractivity contribution in [2.24, 2.45) is 0 Å². The van der Waals surface area contributed by atoms with Crippen LogP contribution in [0.5, 0.6) is 0 Å². The lowest BCUT2D eigenvalue weighted by molar-refractivity contribution is 0.0600. The first-order chi connectivity index (χ1) is 12.7.